The molecule has 0 aromatic heterocycles. The highest BCUT2D eigenvalue weighted by atomic mass is 35.5. The van der Waals surface area contributed by atoms with Crippen LogP contribution in [0, 0.1) is 5.92 Å². The molecule has 0 aliphatic carbocycles. The molecular weight excluding hydrogens is 282 g/mol. The molecule has 1 aromatic rings. The second-order valence-corrected chi connectivity index (χ2v) is 7.70. The quantitative estimate of drug-likeness (QED) is 0.827. The van der Waals surface area contributed by atoms with Gasteiger partial charge in [-0.05, 0) is 75.8 Å². The summed E-state index contributed by atoms with van der Waals surface area (Å²) >= 11 is 6.21. The van der Waals surface area contributed by atoms with Crippen molar-refractivity contribution >= 4 is 11.6 Å². The number of hydrogen-bond donors (Lipinski definition) is 1. The molecule has 0 saturated carbocycles. The largest absolute Gasteiger partial charge is 0.493 e. The first kappa shape index (κ1) is 16.6. The Morgan fingerprint density at radius 2 is 2.05 bits per heavy atom. The van der Waals surface area contributed by atoms with Crippen molar-refractivity contribution in [2.75, 3.05) is 13.2 Å². The maximum Gasteiger partial charge on any atom is 0.125 e. The average molecular weight is 310 g/mol. The second kappa shape index (κ2) is 7.02. The molecule has 1 unspecified atom stereocenters. The van der Waals surface area contributed by atoms with E-state index in [1.165, 1.54) is 24.0 Å². The molecule has 118 valence electrons. The third-order valence-electron chi connectivity index (χ3n) is 4.02. The van der Waals surface area contributed by atoms with Crippen LogP contribution in [0.2, 0.25) is 5.02 Å². The van der Waals surface area contributed by atoms with Crippen molar-refractivity contribution in [2.24, 2.45) is 5.92 Å². The van der Waals surface area contributed by atoms with E-state index in [0.717, 1.165) is 36.8 Å². The lowest BCUT2D eigenvalue weighted by Crippen LogP contribution is -2.36. The Morgan fingerprint density at radius 1 is 1.29 bits per heavy atom. The smallest absolute Gasteiger partial charge is 0.125 e. The number of aryl methyl sites for hydroxylation is 1. The minimum Gasteiger partial charge on any atom is -0.493 e. The molecule has 1 N–H and O–H groups in total. The number of fused-ring (bicyclic) bond motifs is 1. The van der Waals surface area contributed by atoms with Gasteiger partial charge in [-0.1, -0.05) is 18.5 Å². The van der Waals surface area contributed by atoms with Crippen LogP contribution in [-0.4, -0.2) is 18.7 Å². The van der Waals surface area contributed by atoms with Gasteiger partial charge in [0, 0.05) is 17.0 Å². The van der Waals surface area contributed by atoms with Crippen molar-refractivity contribution in [1.82, 2.24) is 5.32 Å². The van der Waals surface area contributed by atoms with Crippen LogP contribution in [-0.2, 0) is 12.8 Å². The zero-order valence-electron chi connectivity index (χ0n) is 13.8. The van der Waals surface area contributed by atoms with Gasteiger partial charge in [0.2, 0.25) is 0 Å². The highest BCUT2D eigenvalue weighted by molar-refractivity contribution is 6.30. The first-order valence-corrected chi connectivity index (χ1v) is 8.42. The van der Waals surface area contributed by atoms with Crippen LogP contribution < -0.4 is 10.1 Å². The summed E-state index contributed by atoms with van der Waals surface area (Å²) in [7, 11) is 0. The van der Waals surface area contributed by atoms with Gasteiger partial charge in [0.15, 0.2) is 0 Å². The number of benzene rings is 1. The standard InChI is InChI=1S/C18H28ClNO/c1-13(7-9-20-18(2,3)4)5-6-14-11-16(19)12-15-8-10-21-17(14)15/h11-13,20H,5-10H2,1-4H3. The van der Waals surface area contributed by atoms with Gasteiger partial charge in [-0.25, -0.2) is 0 Å². The molecule has 0 saturated heterocycles. The zero-order valence-corrected chi connectivity index (χ0v) is 14.5. The van der Waals surface area contributed by atoms with E-state index in [2.05, 4.69) is 39.1 Å². The Labute approximate surface area is 134 Å². The Balaban J connectivity index is 1.83. The van der Waals surface area contributed by atoms with E-state index in [4.69, 9.17) is 16.3 Å². The fourth-order valence-electron chi connectivity index (χ4n) is 2.77. The maximum atomic E-state index is 6.21. The fraction of sp³-hybridized carbons (Fsp3) is 0.667. The van der Waals surface area contributed by atoms with Crippen LogP contribution in [0.4, 0.5) is 0 Å². The van der Waals surface area contributed by atoms with Crippen LogP contribution in [0.5, 0.6) is 5.75 Å². The minimum atomic E-state index is 0.210. The highest BCUT2D eigenvalue weighted by Gasteiger charge is 2.18. The molecule has 3 heteroatoms. The number of nitrogens with one attached hydrogen (secondary N) is 1. The Hall–Kier alpha value is -0.730. The van der Waals surface area contributed by atoms with E-state index in [9.17, 15) is 0 Å². The number of halogens is 1. The predicted octanol–water partition coefficient (Wildman–Crippen LogP) is 4.62. The Bertz CT molecular complexity index is 479. The van der Waals surface area contributed by atoms with Gasteiger partial charge < -0.3 is 10.1 Å². The molecule has 1 atom stereocenters. The first-order chi connectivity index (χ1) is 9.85. The van der Waals surface area contributed by atoms with E-state index >= 15 is 0 Å². The molecule has 2 rings (SSSR count). The molecule has 1 aromatic carbocycles. The summed E-state index contributed by atoms with van der Waals surface area (Å²) < 4.78 is 5.77. The van der Waals surface area contributed by atoms with Crippen molar-refractivity contribution in [2.45, 2.75) is 58.9 Å². The molecule has 1 aliphatic rings. The van der Waals surface area contributed by atoms with Gasteiger partial charge >= 0.3 is 0 Å². The van der Waals surface area contributed by atoms with Gasteiger partial charge in [0.25, 0.3) is 0 Å². The molecule has 0 amide bonds. The lowest BCUT2D eigenvalue weighted by Gasteiger charge is -2.22. The highest BCUT2D eigenvalue weighted by Crippen LogP contribution is 2.34. The molecule has 0 radical (unpaired) electrons. The minimum absolute atomic E-state index is 0.210. The normalized spacial score (nSPS) is 15.7. The summed E-state index contributed by atoms with van der Waals surface area (Å²) in [5.41, 5.74) is 2.77. The molecular formula is C18H28ClNO. The van der Waals surface area contributed by atoms with Gasteiger partial charge in [-0.15, -0.1) is 0 Å². The molecule has 0 fully saturated rings. The SMILES string of the molecule is CC(CCNC(C)(C)C)CCc1cc(Cl)cc2c1OCC2. The van der Waals surface area contributed by atoms with Gasteiger partial charge in [0.1, 0.15) is 5.75 Å². The van der Waals surface area contributed by atoms with Crippen LogP contribution >= 0.6 is 11.6 Å². The second-order valence-electron chi connectivity index (χ2n) is 7.26. The van der Waals surface area contributed by atoms with Crippen LogP contribution in [0.25, 0.3) is 0 Å². The van der Waals surface area contributed by atoms with Crippen molar-refractivity contribution in [3.05, 3.63) is 28.3 Å². The summed E-state index contributed by atoms with van der Waals surface area (Å²) in [5, 5.41) is 4.40. The number of ether oxygens (including phenoxy) is 1. The van der Waals surface area contributed by atoms with E-state index in [-0.39, 0.29) is 5.54 Å². The first-order valence-electron chi connectivity index (χ1n) is 8.04. The van der Waals surface area contributed by atoms with Crippen molar-refractivity contribution in [1.29, 1.82) is 0 Å². The van der Waals surface area contributed by atoms with Crippen LogP contribution in [0.3, 0.4) is 0 Å². The molecule has 0 spiro atoms. The number of hydrogen-bond acceptors (Lipinski definition) is 2. The molecule has 0 bridgehead atoms. The average Bonchev–Trinajstić information content (AvgIpc) is 2.82. The van der Waals surface area contributed by atoms with Crippen molar-refractivity contribution in [3.63, 3.8) is 0 Å². The van der Waals surface area contributed by atoms with Crippen LogP contribution in [0.1, 0.15) is 51.7 Å². The van der Waals surface area contributed by atoms with E-state index in [0.29, 0.717) is 5.92 Å². The third-order valence-corrected chi connectivity index (χ3v) is 4.24. The molecule has 21 heavy (non-hydrogen) atoms. The van der Waals surface area contributed by atoms with E-state index < -0.39 is 0 Å². The topological polar surface area (TPSA) is 21.3 Å². The molecule has 1 aliphatic heterocycles. The summed E-state index contributed by atoms with van der Waals surface area (Å²) in [6.07, 6.45) is 4.44. The Morgan fingerprint density at radius 3 is 2.76 bits per heavy atom. The third kappa shape index (κ3) is 5.19. The molecule has 1 heterocycles. The lowest BCUT2D eigenvalue weighted by atomic mass is 9.96. The maximum absolute atomic E-state index is 6.21. The predicted molar refractivity (Wildman–Crippen MR) is 90.5 cm³/mol. The summed E-state index contributed by atoms with van der Waals surface area (Å²) in [6, 6.07) is 4.12. The summed E-state index contributed by atoms with van der Waals surface area (Å²) in [5.74, 6) is 1.80. The Kier molecular flexibility index (Phi) is 5.56. The van der Waals surface area contributed by atoms with Gasteiger partial charge in [0.05, 0.1) is 6.61 Å². The summed E-state index contributed by atoms with van der Waals surface area (Å²) in [6.45, 7) is 10.8. The summed E-state index contributed by atoms with van der Waals surface area (Å²) in [4.78, 5) is 0. The van der Waals surface area contributed by atoms with E-state index in [1.807, 2.05) is 6.07 Å². The van der Waals surface area contributed by atoms with Crippen LogP contribution in [0.15, 0.2) is 12.1 Å². The van der Waals surface area contributed by atoms with Gasteiger partial charge in [-0.2, -0.15) is 0 Å². The number of rotatable bonds is 6. The fourth-order valence-corrected chi connectivity index (χ4v) is 3.03. The monoisotopic (exact) mass is 309 g/mol. The van der Waals surface area contributed by atoms with E-state index in [1.54, 1.807) is 0 Å². The molecule has 2 nitrogen and oxygen atoms in total. The van der Waals surface area contributed by atoms with Gasteiger partial charge in [-0.3, -0.25) is 0 Å². The zero-order chi connectivity index (χ0) is 15.5. The van der Waals surface area contributed by atoms with Crippen molar-refractivity contribution in [3.8, 4) is 5.75 Å². The lowest BCUT2D eigenvalue weighted by molar-refractivity contribution is 0.351. The van der Waals surface area contributed by atoms with Crippen molar-refractivity contribution < 1.29 is 4.74 Å².